The number of anilines is 1. The van der Waals surface area contributed by atoms with E-state index in [1.807, 2.05) is 19.9 Å². The third-order valence-electron chi connectivity index (χ3n) is 4.97. The summed E-state index contributed by atoms with van der Waals surface area (Å²) in [5, 5.41) is 3.35. The summed E-state index contributed by atoms with van der Waals surface area (Å²) in [6.07, 6.45) is 4.71. The van der Waals surface area contributed by atoms with Gasteiger partial charge < -0.3 is 5.32 Å². The fraction of sp³-hybridized carbons (Fsp3) is 0.474. The Labute approximate surface area is 141 Å². The van der Waals surface area contributed by atoms with E-state index in [2.05, 4.69) is 28.5 Å². The Morgan fingerprint density at radius 1 is 1.25 bits per heavy atom. The molecule has 0 radical (unpaired) electrons. The van der Waals surface area contributed by atoms with Gasteiger partial charge in [0, 0.05) is 12.1 Å². The van der Waals surface area contributed by atoms with Gasteiger partial charge in [-0.05, 0) is 43.2 Å². The molecule has 1 aliphatic carbocycles. The molecule has 0 spiro atoms. The van der Waals surface area contributed by atoms with Gasteiger partial charge >= 0.3 is 5.69 Å². The number of benzene rings is 1. The Morgan fingerprint density at radius 2 is 2.00 bits per heavy atom. The normalized spacial score (nSPS) is 16.9. The molecule has 1 aromatic carbocycles. The van der Waals surface area contributed by atoms with Crippen molar-refractivity contribution in [1.82, 2.24) is 9.55 Å². The fourth-order valence-corrected chi connectivity index (χ4v) is 3.67. The summed E-state index contributed by atoms with van der Waals surface area (Å²) in [6.45, 7) is 3.98. The van der Waals surface area contributed by atoms with Gasteiger partial charge in [0.05, 0.1) is 6.04 Å². The highest BCUT2D eigenvalue weighted by Crippen LogP contribution is 2.31. The molecule has 1 heterocycles. The van der Waals surface area contributed by atoms with Gasteiger partial charge in [-0.15, -0.1) is 0 Å². The van der Waals surface area contributed by atoms with E-state index in [-0.39, 0.29) is 23.3 Å². The Balaban J connectivity index is 1.90. The predicted octanol–water partition coefficient (Wildman–Crippen LogP) is 3.39. The molecule has 0 bridgehead atoms. The number of H-pyrrole nitrogens is 1. The van der Waals surface area contributed by atoms with Gasteiger partial charge in [-0.2, -0.15) is 0 Å². The molecule has 5 nitrogen and oxygen atoms in total. The van der Waals surface area contributed by atoms with Crippen molar-refractivity contribution in [2.24, 2.45) is 0 Å². The third-order valence-corrected chi connectivity index (χ3v) is 4.97. The summed E-state index contributed by atoms with van der Waals surface area (Å²) < 4.78 is 1.33. The van der Waals surface area contributed by atoms with Crippen molar-refractivity contribution in [1.29, 1.82) is 0 Å². The van der Waals surface area contributed by atoms with E-state index in [0.29, 0.717) is 5.82 Å². The molecule has 0 fully saturated rings. The van der Waals surface area contributed by atoms with Crippen LogP contribution >= 0.6 is 0 Å². The molecular formula is C19H25N3O2. The van der Waals surface area contributed by atoms with Crippen molar-refractivity contribution in [2.45, 2.75) is 58.0 Å². The van der Waals surface area contributed by atoms with E-state index in [4.69, 9.17) is 0 Å². The van der Waals surface area contributed by atoms with Crippen LogP contribution in [-0.4, -0.2) is 9.55 Å². The number of nitrogens with zero attached hydrogens (tertiary/aromatic N) is 1. The SMILES string of the molecule is CCC(CC)n1c(=O)cc(N[C@H]2CCCc3ccccc32)[nH]c1=O. The number of hydrogen-bond acceptors (Lipinski definition) is 3. The lowest BCUT2D eigenvalue weighted by Crippen LogP contribution is -2.38. The van der Waals surface area contributed by atoms with Gasteiger partial charge in [-0.1, -0.05) is 38.1 Å². The van der Waals surface area contributed by atoms with Crippen LogP contribution in [0.1, 0.15) is 62.7 Å². The Morgan fingerprint density at radius 3 is 2.71 bits per heavy atom. The minimum Gasteiger partial charge on any atom is -0.365 e. The zero-order valence-electron chi connectivity index (χ0n) is 14.3. The first kappa shape index (κ1) is 16.6. The highest BCUT2D eigenvalue weighted by Gasteiger charge is 2.20. The quantitative estimate of drug-likeness (QED) is 0.884. The Bertz CT molecular complexity index is 787. The van der Waals surface area contributed by atoms with E-state index in [0.717, 1.165) is 32.1 Å². The highest BCUT2D eigenvalue weighted by atomic mass is 16.2. The van der Waals surface area contributed by atoms with Crippen LogP contribution in [-0.2, 0) is 6.42 Å². The van der Waals surface area contributed by atoms with Crippen LogP contribution < -0.4 is 16.6 Å². The maximum Gasteiger partial charge on any atom is 0.330 e. The van der Waals surface area contributed by atoms with Gasteiger partial charge in [0.2, 0.25) is 0 Å². The van der Waals surface area contributed by atoms with Crippen LogP contribution in [0.25, 0.3) is 0 Å². The lowest BCUT2D eigenvalue weighted by Gasteiger charge is -2.27. The van der Waals surface area contributed by atoms with Crippen LogP contribution in [0.5, 0.6) is 0 Å². The molecule has 5 heteroatoms. The first-order valence-corrected chi connectivity index (χ1v) is 8.84. The van der Waals surface area contributed by atoms with Gasteiger partial charge in [0.1, 0.15) is 5.82 Å². The average molecular weight is 327 g/mol. The zero-order chi connectivity index (χ0) is 17.1. The first-order chi connectivity index (χ1) is 11.6. The predicted molar refractivity (Wildman–Crippen MR) is 96.7 cm³/mol. The Hall–Kier alpha value is -2.30. The van der Waals surface area contributed by atoms with Crippen molar-refractivity contribution in [2.75, 3.05) is 5.32 Å². The summed E-state index contributed by atoms with van der Waals surface area (Å²) in [4.78, 5) is 27.6. The van der Waals surface area contributed by atoms with Gasteiger partial charge in [0.15, 0.2) is 0 Å². The molecule has 0 unspecified atom stereocenters. The summed E-state index contributed by atoms with van der Waals surface area (Å²) >= 11 is 0. The highest BCUT2D eigenvalue weighted by molar-refractivity contribution is 5.41. The van der Waals surface area contributed by atoms with Crippen LogP contribution in [0.15, 0.2) is 39.9 Å². The Kier molecular flexibility index (Phi) is 4.88. The minimum absolute atomic E-state index is 0.0503. The molecule has 24 heavy (non-hydrogen) atoms. The number of aromatic nitrogens is 2. The van der Waals surface area contributed by atoms with E-state index in [9.17, 15) is 9.59 Å². The standard InChI is InChI=1S/C19H25N3O2/c1-3-14(4-2)22-18(23)12-17(21-19(22)24)20-16-11-7-9-13-8-5-6-10-15(13)16/h5-6,8,10,12,14,16,20H,3-4,7,9,11H2,1-2H3,(H,21,24)/t16-/m0/s1. The van der Waals surface area contributed by atoms with Crippen molar-refractivity contribution in [3.63, 3.8) is 0 Å². The molecule has 2 N–H and O–H groups in total. The number of hydrogen-bond donors (Lipinski definition) is 2. The molecule has 0 aliphatic heterocycles. The van der Waals surface area contributed by atoms with E-state index in [1.54, 1.807) is 0 Å². The number of aryl methyl sites for hydroxylation is 1. The van der Waals surface area contributed by atoms with E-state index < -0.39 is 0 Å². The van der Waals surface area contributed by atoms with Gasteiger partial charge in [-0.25, -0.2) is 4.79 Å². The largest absolute Gasteiger partial charge is 0.365 e. The number of rotatable bonds is 5. The minimum atomic E-state index is -0.331. The molecule has 1 atom stereocenters. The maximum absolute atomic E-state index is 12.4. The molecule has 3 rings (SSSR count). The average Bonchev–Trinajstić information content (AvgIpc) is 2.58. The lowest BCUT2D eigenvalue weighted by atomic mass is 9.88. The van der Waals surface area contributed by atoms with Crippen LogP contribution in [0, 0.1) is 0 Å². The van der Waals surface area contributed by atoms with E-state index >= 15 is 0 Å². The van der Waals surface area contributed by atoms with Crippen molar-refractivity contribution < 1.29 is 0 Å². The van der Waals surface area contributed by atoms with Crippen molar-refractivity contribution in [3.8, 4) is 0 Å². The van der Waals surface area contributed by atoms with E-state index in [1.165, 1.54) is 21.8 Å². The summed E-state index contributed by atoms with van der Waals surface area (Å²) in [6, 6.07) is 9.95. The number of fused-ring (bicyclic) bond motifs is 1. The fourth-order valence-electron chi connectivity index (χ4n) is 3.67. The zero-order valence-corrected chi connectivity index (χ0v) is 14.3. The smallest absolute Gasteiger partial charge is 0.330 e. The molecular weight excluding hydrogens is 302 g/mol. The molecule has 1 aliphatic rings. The number of nitrogens with one attached hydrogen (secondary N) is 2. The molecule has 0 amide bonds. The van der Waals surface area contributed by atoms with Crippen molar-refractivity contribution in [3.05, 3.63) is 62.3 Å². The molecule has 1 aromatic heterocycles. The topological polar surface area (TPSA) is 66.9 Å². The maximum atomic E-state index is 12.4. The summed E-state index contributed by atoms with van der Waals surface area (Å²) in [5.74, 6) is 0.508. The molecule has 128 valence electrons. The second-order valence-electron chi connectivity index (χ2n) is 6.45. The lowest BCUT2D eigenvalue weighted by molar-refractivity contribution is 0.439. The second-order valence-corrected chi connectivity index (χ2v) is 6.45. The van der Waals surface area contributed by atoms with Gasteiger partial charge in [0.25, 0.3) is 5.56 Å². The monoisotopic (exact) mass is 327 g/mol. The molecule has 2 aromatic rings. The second kappa shape index (κ2) is 7.07. The van der Waals surface area contributed by atoms with Crippen LogP contribution in [0.4, 0.5) is 5.82 Å². The van der Waals surface area contributed by atoms with Crippen molar-refractivity contribution >= 4 is 5.82 Å². The first-order valence-electron chi connectivity index (χ1n) is 8.84. The molecule has 0 saturated carbocycles. The van der Waals surface area contributed by atoms with Crippen LogP contribution in [0.3, 0.4) is 0 Å². The van der Waals surface area contributed by atoms with Gasteiger partial charge in [-0.3, -0.25) is 14.3 Å². The molecule has 0 saturated heterocycles. The number of aromatic amines is 1. The summed E-state index contributed by atoms with van der Waals surface area (Å²) in [5.41, 5.74) is 2.03. The van der Waals surface area contributed by atoms with Crippen LogP contribution in [0.2, 0.25) is 0 Å². The third kappa shape index (κ3) is 3.16. The summed E-state index contributed by atoms with van der Waals surface area (Å²) in [7, 11) is 0.